The van der Waals surface area contributed by atoms with Gasteiger partial charge in [-0.25, -0.2) is 0 Å². The van der Waals surface area contributed by atoms with Gasteiger partial charge in [-0.3, -0.25) is 9.59 Å². The standard InChI is InChI=1S/C24H26BrN5O4S/c1-5-10-30-21(13-26-23(32)16-6-9-19(33-3)20(12-16)34-4)28-29-24(30)35-14-22(31)27-18-8-7-17(25)11-15(18)2/h5-9,11-12H,1,10,13-14H2,2-4H3,(H,26,32)(H,27,31). The number of carbonyl (C=O) groups excluding carboxylic acids is 2. The van der Waals surface area contributed by atoms with Gasteiger partial charge in [0.05, 0.1) is 26.5 Å². The molecule has 0 unspecified atom stereocenters. The molecule has 1 aromatic heterocycles. The molecule has 3 rings (SSSR count). The van der Waals surface area contributed by atoms with Crippen molar-refractivity contribution in [2.24, 2.45) is 0 Å². The lowest BCUT2D eigenvalue weighted by Gasteiger charge is -2.11. The van der Waals surface area contributed by atoms with Gasteiger partial charge in [0, 0.05) is 22.3 Å². The van der Waals surface area contributed by atoms with E-state index in [2.05, 4.69) is 43.3 Å². The van der Waals surface area contributed by atoms with Crippen molar-refractivity contribution in [3.8, 4) is 11.5 Å². The number of aromatic nitrogens is 3. The number of ether oxygens (including phenoxy) is 2. The van der Waals surface area contributed by atoms with Gasteiger partial charge in [0.15, 0.2) is 22.5 Å². The number of rotatable bonds is 11. The first-order valence-electron chi connectivity index (χ1n) is 10.6. The van der Waals surface area contributed by atoms with E-state index in [9.17, 15) is 9.59 Å². The summed E-state index contributed by atoms with van der Waals surface area (Å²) in [7, 11) is 3.04. The number of allylic oxidation sites excluding steroid dienone is 1. The molecule has 0 spiro atoms. The molecule has 3 aromatic rings. The smallest absolute Gasteiger partial charge is 0.251 e. The van der Waals surface area contributed by atoms with Gasteiger partial charge in [-0.1, -0.05) is 33.8 Å². The van der Waals surface area contributed by atoms with Crippen molar-refractivity contribution in [3.05, 3.63) is 70.5 Å². The fourth-order valence-electron chi connectivity index (χ4n) is 3.19. The van der Waals surface area contributed by atoms with E-state index < -0.39 is 0 Å². The number of methoxy groups -OCH3 is 2. The predicted molar refractivity (Wildman–Crippen MR) is 139 cm³/mol. The van der Waals surface area contributed by atoms with Crippen LogP contribution in [-0.4, -0.2) is 46.6 Å². The summed E-state index contributed by atoms with van der Waals surface area (Å²) in [6.07, 6.45) is 1.71. The van der Waals surface area contributed by atoms with Gasteiger partial charge < -0.3 is 24.7 Å². The summed E-state index contributed by atoms with van der Waals surface area (Å²) in [6, 6.07) is 10.6. The zero-order valence-electron chi connectivity index (χ0n) is 19.6. The Labute approximate surface area is 216 Å². The van der Waals surface area contributed by atoms with Crippen LogP contribution in [0.3, 0.4) is 0 Å². The number of benzene rings is 2. The van der Waals surface area contributed by atoms with E-state index in [1.54, 1.807) is 24.3 Å². The van der Waals surface area contributed by atoms with E-state index in [4.69, 9.17) is 9.47 Å². The molecule has 0 aliphatic rings. The van der Waals surface area contributed by atoms with E-state index in [0.29, 0.717) is 34.6 Å². The van der Waals surface area contributed by atoms with Crippen molar-refractivity contribution in [1.82, 2.24) is 20.1 Å². The molecular weight excluding hydrogens is 534 g/mol. The van der Waals surface area contributed by atoms with Crippen molar-refractivity contribution in [2.45, 2.75) is 25.2 Å². The number of nitrogens with zero attached hydrogens (tertiary/aromatic N) is 3. The molecule has 0 fully saturated rings. The number of hydrogen-bond acceptors (Lipinski definition) is 7. The molecule has 9 nitrogen and oxygen atoms in total. The molecule has 2 aromatic carbocycles. The average molecular weight is 560 g/mol. The molecule has 184 valence electrons. The molecule has 0 atom stereocenters. The molecule has 0 aliphatic heterocycles. The van der Waals surface area contributed by atoms with Crippen molar-refractivity contribution in [3.63, 3.8) is 0 Å². The normalized spacial score (nSPS) is 10.5. The molecule has 0 saturated heterocycles. The maximum atomic E-state index is 12.7. The third-order valence-electron chi connectivity index (χ3n) is 4.95. The molecule has 0 aliphatic carbocycles. The lowest BCUT2D eigenvalue weighted by molar-refractivity contribution is -0.113. The molecule has 1 heterocycles. The van der Waals surface area contributed by atoms with E-state index in [1.165, 1.54) is 26.0 Å². The molecule has 0 bridgehead atoms. The van der Waals surface area contributed by atoms with Gasteiger partial charge >= 0.3 is 0 Å². The van der Waals surface area contributed by atoms with Gasteiger partial charge in [-0.15, -0.1) is 16.8 Å². The Morgan fingerprint density at radius 2 is 1.91 bits per heavy atom. The van der Waals surface area contributed by atoms with Crippen LogP contribution in [-0.2, 0) is 17.9 Å². The molecule has 2 N–H and O–H groups in total. The topological polar surface area (TPSA) is 107 Å². The van der Waals surface area contributed by atoms with Crippen LogP contribution in [0.1, 0.15) is 21.7 Å². The van der Waals surface area contributed by atoms with Crippen LogP contribution >= 0.6 is 27.7 Å². The number of amides is 2. The highest BCUT2D eigenvalue weighted by Gasteiger charge is 2.16. The summed E-state index contributed by atoms with van der Waals surface area (Å²) in [5.41, 5.74) is 2.14. The van der Waals surface area contributed by atoms with Crippen LogP contribution in [0.4, 0.5) is 5.69 Å². The van der Waals surface area contributed by atoms with Crippen molar-refractivity contribution >= 4 is 45.2 Å². The Kier molecular flexibility index (Phi) is 9.32. The second-order valence-corrected chi connectivity index (χ2v) is 9.20. The summed E-state index contributed by atoms with van der Waals surface area (Å²) < 4.78 is 13.2. The highest BCUT2D eigenvalue weighted by Crippen LogP contribution is 2.27. The fraction of sp³-hybridized carbons (Fsp3) is 0.250. The SMILES string of the molecule is C=CCn1c(CNC(=O)c2ccc(OC)c(OC)c2)nnc1SCC(=O)Nc1ccc(Br)cc1C. The molecule has 0 radical (unpaired) electrons. The van der Waals surface area contributed by atoms with Crippen LogP contribution in [0.5, 0.6) is 11.5 Å². The monoisotopic (exact) mass is 559 g/mol. The summed E-state index contributed by atoms with van der Waals surface area (Å²) in [4.78, 5) is 25.1. The van der Waals surface area contributed by atoms with Crippen molar-refractivity contribution in [2.75, 3.05) is 25.3 Å². The third kappa shape index (κ3) is 6.86. The quantitative estimate of drug-likeness (QED) is 0.267. The largest absolute Gasteiger partial charge is 0.493 e. The highest BCUT2D eigenvalue weighted by atomic mass is 79.9. The molecule has 2 amide bonds. The molecule has 0 saturated carbocycles. The Bertz CT molecular complexity index is 1230. The zero-order valence-corrected chi connectivity index (χ0v) is 22.0. The fourth-order valence-corrected chi connectivity index (χ4v) is 4.43. The highest BCUT2D eigenvalue weighted by molar-refractivity contribution is 9.10. The number of aryl methyl sites for hydroxylation is 1. The number of thioether (sulfide) groups is 1. The van der Waals surface area contributed by atoms with E-state index in [-0.39, 0.29) is 24.1 Å². The Hall–Kier alpha value is -3.31. The van der Waals surface area contributed by atoms with Crippen LogP contribution < -0.4 is 20.1 Å². The van der Waals surface area contributed by atoms with E-state index >= 15 is 0 Å². The van der Waals surface area contributed by atoms with Crippen molar-refractivity contribution < 1.29 is 19.1 Å². The van der Waals surface area contributed by atoms with Gasteiger partial charge in [-0.05, 0) is 48.9 Å². The van der Waals surface area contributed by atoms with Crippen LogP contribution in [0.2, 0.25) is 0 Å². The average Bonchev–Trinajstić information content (AvgIpc) is 3.24. The summed E-state index contributed by atoms with van der Waals surface area (Å²) >= 11 is 4.68. The summed E-state index contributed by atoms with van der Waals surface area (Å²) in [5.74, 6) is 1.25. The number of nitrogens with one attached hydrogen (secondary N) is 2. The maximum absolute atomic E-state index is 12.7. The van der Waals surface area contributed by atoms with Gasteiger partial charge in [0.25, 0.3) is 5.91 Å². The molecule has 11 heteroatoms. The number of carbonyl (C=O) groups is 2. The lowest BCUT2D eigenvalue weighted by Crippen LogP contribution is -2.25. The van der Waals surface area contributed by atoms with Gasteiger partial charge in [0.2, 0.25) is 5.91 Å². The van der Waals surface area contributed by atoms with Crippen LogP contribution in [0, 0.1) is 6.92 Å². The first-order valence-corrected chi connectivity index (χ1v) is 12.4. The van der Waals surface area contributed by atoms with E-state index in [1.807, 2.05) is 29.7 Å². The Balaban J connectivity index is 1.63. The number of hydrogen-bond donors (Lipinski definition) is 2. The van der Waals surface area contributed by atoms with Crippen LogP contribution in [0.25, 0.3) is 0 Å². The Morgan fingerprint density at radius 1 is 1.14 bits per heavy atom. The maximum Gasteiger partial charge on any atom is 0.251 e. The summed E-state index contributed by atoms with van der Waals surface area (Å²) in [6.45, 7) is 6.30. The van der Waals surface area contributed by atoms with Gasteiger partial charge in [-0.2, -0.15) is 0 Å². The molecular formula is C24H26BrN5O4S. The third-order valence-corrected chi connectivity index (χ3v) is 6.41. The minimum Gasteiger partial charge on any atom is -0.493 e. The Morgan fingerprint density at radius 3 is 2.60 bits per heavy atom. The lowest BCUT2D eigenvalue weighted by atomic mass is 10.2. The van der Waals surface area contributed by atoms with E-state index in [0.717, 1.165) is 15.7 Å². The number of halogens is 1. The van der Waals surface area contributed by atoms with Crippen LogP contribution in [0.15, 0.2) is 58.7 Å². The minimum absolute atomic E-state index is 0.152. The first-order chi connectivity index (χ1) is 16.9. The summed E-state index contributed by atoms with van der Waals surface area (Å²) in [5, 5.41) is 14.7. The second kappa shape index (κ2) is 12.4. The minimum atomic E-state index is -0.294. The first kappa shape index (κ1) is 26.3. The zero-order chi connectivity index (χ0) is 25.4. The predicted octanol–water partition coefficient (Wildman–Crippen LogP) is 4.21. The van der Waals surface area contributed by atoms with Gasteiger partial charge in [0.1, 0.15) is 0 Å². The van der Waals surface area contributed by atoms with Crippen molar-refractivity contribution in [1.29, 1.82) is 0 Å². The number of anilines is 1. The second-order valence-electron chi connectivity index (χ2n) is 7.35. The molecule has 35 heavy (non-hydrogen) atoms.